The van der Waals surface area contributed by atoms with Gasteiger partial charge in [0.15, 0.2) is 0 Å². The highest BCUT2D eigenvalue weighted by atomic mass is 16.4. The van der Waals surface area contributed by atoms with E-state index in [-0.39, 0.29) is 5.91 Å². The summed E-state index contributed by atoms with van der Waals surface area (Å²) in [6, 6.07) is 10.1. The molecule has 0 saturated carbocycles. The second-order valence-electron chi connectivity index (χ2n) is 6.31. The Hall–Kier alpha value is -1.84. The maximum absolute atomic E-state index is 11.7. The molecule has 4 nitrogen and oxygen atoms in total. The van der Waals surface area contributed by atoms with Gasteiger partial charge >= 0.3 is 5.97 Å². The van der Waals surface area contributed by atoms with Crippen LogP contribution in [-0.2, 0) is 16.0 Å². The summed E-state index contributed by atoms with van der Waals surface area (Å²) < 4.78 is 0. The van der Waals surface area contributed by atoms with E-state index < -0.39 is 5.97 Å². The van der Waals surface area contributed by atoms with E-state index in [4.69, 9.17) is 5.11 Å². The second-order valence-corrected chi connectivity index (χ2v) is 6.31. The first-order chi connectivity index (χ1) is 11.7. The molecule has 0 radical (unpaired) electrons. The molecule has 1 rings (SSSR count). The first kappa shape index (κ1) is 20.2. The van der Waals surface area contributed by atoms with E-state index in [9.17, 15) is 9.59 Å². The van der Waals surface area contributed by atoms with Gasteiger partial charge in [-0.25, -0.2) is 0 Å². The minimum absolute atomic E-state index is 0.136. The van der Waals surface area contributed by atoms with Crippen LogP contribution in [0, 0.1) is 0 Å². The third kappa shape index (κ3) is 11.7. The van der Waals surface area contributed by atoms with Crippen LogP contribution in [0.1, 0.15) is 69.8 Å². The second kappa shape index (κ2) is 13.6. The Morgan fingerprint density at radius 1 is 0.792 bits per heavy atom. The highest BCUT2D eigenvalue weighted by Gasteiger charge is 2.01. The summed E-state index contributed by atoms with van der Waals surface area (Å²) in [6.45, 7) is 0.770. The van der Waals surface area contributed by atoms with Gasteiger partial charge < -0.3 is 10.4 Å². The lowest BCUT2D eigenvalue weighted by Crippen LogP contribution is -2.24. The van der Waals surface area contributed by atoms with Gasteiger partial charge in [-0.15, -0.1) is 0 Å². The zero-order chi connectivity index (χ0) is 17.5. The lowest BCUT2D eigenvalue weighted by Gasteiger charge is -2.05. The number of rotatable bonds is 14. The first-order valence-corrected chi connectivity index (χ1v) is 9.21. The van der Waals surface area contributed by atoms with Crippen molar-refractivity contribution in [3.63, 3.8) is 0 Å². The quantitative estimate of drug-likeness (QED) is 0.498. The van der Waals surface area contributed by atoms with E-state index in [1.54, 1.807) is 0 Å². The first-order valence-electron chi connectivity index (χ1n) is 9.21. The van der Waals surface area contributed by atoms with E-state index in [0.29, 0.717) is 12.8 Å². The molecule has 134 valence electrons. The van der Waals surface area contributed by atoms with Gasteiger partial charge in [0.05, 0.1) is 0 Å². The predicted octanol–water partition coefficient (Wildman–Crippen LogP) is 4.33. The van der Waals surface area contributed by atoms with E-state index >= 15 is 0 Å². The number of carboxylic acids is 1. The molecule has 4 heteroatoms. The van der Waals surface area contributed by atoms with Crippen molar-refractivity contribution in [3.8, 4) is 0 Å². The van der Waals surface area contributed by atoms with Crippen LogP contribution in [0.15, 0.2) is 30.3 Å². The molecule has 0 aliphatic heterocycles. The Bertz CT molecular complexity index is 459. The van der Waals surface area contributed by atoms with E-state index in [2.05, 4.69) is 17.4 Å². The van der Waals surface area contributed by atoms with E-state index in [0.717, 1.165) is 45.1 Å². The summed E-state index contributed by atoms with van der Waals surface area (Å²) >= 11 is 0. The van der Waals surface area contributed by atoms with Crippen molar-refractivity contribution in [3.05, 3.63) is 35.9 Å². The minimum Gasteiger partial charge on any atom is -0.481 e. The van der Waals surface area contributed by atoms with Crippen LogP contribution in [0.3, 0.4) is 0 Å². The van der Waals surface area contributed by atoms with Crippen LogP contribution in [0.4, 0.5) is 0 Å². The SMILES string of the molecule is O=C(O)CCCCCCCCCCNC(=O)CCc1ccccc1. The standard InChI is InChI=1S/C20H31NO3/c22-19(16-15-18-12-8-7-9-13-18)21-17-11-6-4-2-1-3-5-10-14-20(23)24/h7-9,12-13H,1-6,10-11,14-17H2,(H,21,22)(H,23,24). The molecule has 0 aliphatic rings. The number of hydrogen-bond donors (Lipinski definition) is 2. The summed E-state index contributed by atoms with van der Waals surface area (Å²) in [4.78, 5) is 22.1. The van der Waals surface area contributed by atoms with Gasteiger partial charge in [-0.3, -0.25) is 9.59 Å². The molecular weight excluding hydrogens is 302 g/mol. The van der Waals surface area contributed by atoms with Crippen molar-refractivity contribution < 1.29 is 14.7 Å². The molecule has 24 heavy (non-hydrogen) atoms. The van der Waals surface area contributed by atoms with Crippen LogP contribution in [-0.4, -0.2) is 23.5 Å². The molecule has 0 aromatic heterocycles. The van der Waals surface area contributed by atoms with Crippen LogP contribution >= 0.6 is 0 Å². The maximum Gasteiger partial charge on any atom is 0.303 e. The fourth-order valence-electron chi connectivity index (χ4n) is 2.68. The Labute approximate surface area is 145 Å². The van der Waals surface area contributed by atoms with E-state index in [1.165, 1.54) is 24.8 Å². The topological polar surface area (TPSA) is 66.4 Å². The molecule has 0 aliphatic carbocycles. The van der Waals surface area contributed by atoms with Crippen molar-refractivity contribution >= 4 is 11.9 Å². The zero-order valence-electron chi connectivity index (χ0n) is 14.6. The Morgan fingerprint density at radius 2 is 1.38 bits per heavy atom. The van der Waals surface area contributed by atoms with Gasteiger partial charge in [-0.05, 0) is 24.8 Å². The maximum atomic E-state index is 11.7. The number of aliphatic carboxylic acids is 1. The number of carboxylic acid groups (broad SMARTS) is 1. The molecule has 0 atom stereocenters. The monoisotopic (exact) mass is 333 g/mol. The zero-order valence-corrected chi connectivity index (χ0v) is 14.6. The summed E-state index contributed by atoms with van der Waals surface area (Å²) in [5, 5.41) is 11.5. The molecule has 1 aromatic carbocycles. The third-order valence-corrected chi connectivity index (χ3v) is 4.12. The molecule has 2 N–H and O–H groups in total. The minimum atomic E-state index is -0.694. The molecule has 0 unspecified atom stereocenters. The number of aryl methyl sites for hydroxylation is 1. The van der Waals surface area contributed by atoms with Crippen molar-refractivity contribution in [2.75, 3.05) is 6.54 Å². The molecule has 0 spiro atoms. The Morgan fingerprint density at radius 3 is 2.00 bits per heavy atom. The smallest absolute Gasteiger partial charge is 0.303 e. The van der Waals surface area contributed by atoms with Crippen LogP contribution in [0.5, 0.6) is 0 Å². The highest BCUT2D eigenvalue weighted by Crippen LogP contribution is 2.09. The average molecular weight is 333 g/mol. The average Bonchev–Trinajstić information content (AvgIpc) is 2.58. The molecule has 0 fully saturated rings. The molecule has 0 heterocycles. The van der Waals surface area contributed by atoms with Gasteiger partial charge in [0, 0.05) is 19.4 Å². The van der Waals surface area contributed by atoms with Gasteiger partial charge in [-0.2, -0.15) is 0 Å². The van der Waals surface area contributed by atoms with Gasteiger partial charge in [0.25, 0.3) is 0 Å². The number of hydrogen-bond acceptors (Lipinski definition) is 2. The fourth-order valence-corrected chi connectivity index (χ4v) is 2.68. The van der Waals surface area contributed by atoms with Crippen molar-refractivity contribution in [2.24, 2.45) is 0 Å². The number of nitrogens with one attached hydrogen (secondary N) is 1. The number of amides is 1. The number of carbonyl (C=O) groups is 2. The molecule has 1 aromatic rings. The predicted molar refractivity (Wildman–Crippen MR) is 97.0 cm³/mol. The van der Waals surface area contributed by atoms with Crippen LogP contribution in [0.2, 0.25) is 0 Å². The Balaban J connectivity index is 1.84. The number of benzene rings is 1. The summed E-state index contributed by atoms with van der Waals surface area (Å²) in [5.41, 5.74) is 1.20. The number of unbranched alkanes of at least 4 members (excludes halogenated alkanes) is 7. The van der Waals surface area contributed by atoms with Crippen molar-refractivity contribution in [1.82, 2.24) is 5.32 Å². The van der Waals surface area contributed by atoms with Crippen molar-refractivity contribution in [2.45, 2.75) is 70.6 Å². The summed E-state index contributed by atoms with van der Waals surface area (Å²) in [7, 11) is 0. The molecular formula is C20H31NO3. The fraction of sp³-hybridized carbons (Fsp3) is 0.600. The Kier molecular flexibility index (Phi) is 11.4. The van der Waals surface area contributed by atoms with Crippen LogP contribution < -0.4 is 5.32 Å². The van der Waals surface area contributed by atoms with Gasteiger partial charge in [0.2, 0.25) is 5.91 Å². The van der Waals surface area contributed by atoms with Crippen LogP contribution in [0.25, 0.3) is 0 Å². The number of carbonyl (C=O) groups excluding carboxylic acids is 1. The lowest BCUT2D eigenvalue weighted by atomic mass is 10.1. The van der Waals surface area contributed by atoms with Crippen molar-refractivity contribution in [1.29, 1.82) is 0 Å². The third-order valence-electron chi connectivity index (χ3n) is 4.12. The van der Waals surface area contributed by atoms with Gasteiger partial charge in [-0.1, -0.05) is 68.9 Å². The molecule has 0 bridgehead atoms. The highest BCUT2D eigenvalue weighted by molar-refractivity contribution is 5.76. The van der Waals surface area contributed by atoms with E-state index in [1.807, 2.05) is 18.2 Å². The molecule has 1 amide bonds. The van der Waals surface area contributed by atoms with Gasteiger partial charge in [0.1, 0.15) is 0 Å². The summed E-state index contributed by atoms with van der Waals surface area (Å²) in [5.74, 6) is -0.557. The summed E-state index contributed by atoms with van der Waals surface area (Å²) in [6.07, 6.45) is 10.4. The normalized spacial score (nSPS) is 10.5. The lowest BCUT2D eigenvalue weighted by molar-refractivity contribution is -0.137. The molecule has 0 saturated heterocycles. The largest absolute Gasteiger partial charge is 0.481 e.